The predicted molar refractivity (Wildman–Crippen MR) is 123 cm³/mol. The Morgan fingerprint density at radius 2 is 2.00 bits per heavy atom. The van der Waals surface area contributed by atoms with Crippen LogP contribution in [0.2, 0.25) is 0 Å². The van der Waals surface area contributed by atoms with Gasteiger partial charge in [0, 0.05) is 29.6 Å². The summed E-state index contributed by atoms with van der Waals surface area (Å²) in [5.74, 6) is 0.133. The zero-order valence-electron chi connectivity index (χ0n) is 17.4. The van der Waals surface area contributed by atoms with E-state index in [0.717, 1.165) is 41.4 Å². The van der Waals surface area contributed by atoms with Crippen LogP contribution in [0.15, 0.2) is 65.8 Å². The Kier molecular flexibility index (Phi) is 6.40. The topological polar surface area (TPSA) is 36.4 Å². The van der Waals surface area contributed by atoms with Crippen molar-refractivity contribution in [2.45, 2.75) is 43.1 Å². The van der Waals surface area contributed by atoms with Crippen LogP contribution in [-0.4, -0.2) is 28.4 Å². The van der Waals surface area contributed by atoms with Crippen LogP contribution in [0.4, 0.5) is 10.1 Å². The second-order valence-electron chi connectivity index (χ2n) is 8.03. The molecule has 3 aromatic rings. The number of halogens is 1. The van der Waals surface area contributed by atoms with Crippen molar-refractivity contribution in [3.63, 3.8) is 0 Å². The van der Waals surface area contributed by atoms with Gasteiger partial charge in [-0.2, -0.15) is 0 Å². The number of thioether (sulfide) groups is 1. The molecule has 0 bridgehead atoms. The molecule has 156 valence electrons. The number of hydrogen-bond donors (Lipinski definition) is 1. The molecular formula is C25H27FN2OS. The van der Waals surface area contributed by atoms with Gasteiger partial charge < -0.3 is 10.0 Å². The van der Waals surface area contributed by atoms with Crippen LogP contribution >= 0.6 is 11.8 Å². The highest BCUT2D eigenvalue weighted by molar-refractivity contribution is 7.99. The lowest BCUT2D eigenvalue weighted by atomic mass is 9.91. The molecule has 1 aliphatic rings. The average Bonchev–Trinajstić information content (AvgIpc) is 3.23. The molecule has 1 saturated heterocycles. The smallest absolute Gasteiger partial charge is 0.141 e. The highest BCUT2D eigenvalue weighted by atomic mass is 32.2. The van der Waals surface area contributed by atoms with Gasteiger partial charge in [0.15, 0.2) is 0 Å². The van der Waals surface area contributed by atoms with E-state index in [1.54, 1.807) is 17.8 Å². The van der Waals surface area contributed by atoms with Crippen molar-refractivity contribution in [1.82, 2.24) is 4.98 Å². The van der Waals surface area contributed by atoms with Crippen molar-refractivity contribution < 1.29 is 9.50 Å². The number of nitrogens with zero attached hydrogens (tertiary/aromatic N) is 2. The van der Waals surface area contributed by atoms with Gasteiger partial charge in [0.1, 0.15) is 5.82 Å². The first-order valence-corrected chi connectivity index (χ1v) is 11.3. The third-order valence-electron chi connectivity index (χ3n) is 5.62. The quantitative estimate of drug-likeness (QED) is 0.539. The molecule has 1 N–H and O–H groups in total. The Bertz CT molecular complexity index is 1010. The summed E-state index contributed by atoms with van der Waals surface area (Å²) in [5, 5.41) is 11.3. The van der Waals surface area contributed by atoms with E-state index in [1.807, 2.05) is 0 Å². The normalized spacial score (nSPS) is 16.4. The van der Waals surface area contributed by atoms with Gasteiger partial charge >= 0.3 is 0 Å². The molecule has 1 aliphatic heterocycles. The van der Waals surface area contributed by atoms with Crippen LogP contribution in [-0.2, 0) is 6.61 Å². The maximum absolute atomic E-state index is 13.1. The van der Waals surface area contributed by atoms with E-state index in [2.05, 4.69) is 66.2 Å². The van der Waals surface area contributed by atoms with Crippen molar-refractivity contribution in [1.29, 1.82) is 0 Å². The Hall–Kier alpha value is -2.37. The van der Waals surface area contributed by atoms with Crippen LogP contribution < -0.4 is 4.90 Å². The Labute approximate surface area is 182 Å². The minimum atomic E-state index is -0.306. The fourth-order valence-corrected chi connectivity index (χ4v) is 5.18. The fraction of sp³-hybridized carbons (Fsp3) is 0.320. The molecule has 30 heavy (non-hydrogen) atoms. The molecule has 0 amide bonds. The average molecular weight is 423 g/mol. The van der Waals surface area contributed by atoms with E-state index in [4.69, 9.17) is 0 Å². The minimum Gasteiger partial charge on any atom is -0.392 e. The number of aliphatic hydroxyl groups is 1. The Balaban J connectivity index is 1.53. The van der Waals surface area contributed by atoms with E-state index >= 15 is 0 Å². The molecule has 0 aliphatic carbocycles. The molecule has 0 spiro atoms. The van der Waals surface area contributed by atoms with Crippen molar-refractivity contribution in [3.8, 4) is 11.1 Å². The van der Waals surface area contributed by atoms with Crippen LogP contribution in [0.3, 0.4) is 0 Å². The fourth-order valence-electron chi connectivity index (χ4n) is 4.10. The Morgan fingerprint density at radius 1 is 1.17 bits per heavy atom. The summed E-state index contributed by atoms with van der Waals surface area (Å²) >= 11 is 1.70. The Morgan fingerprint density at radius 3 is 2.73 bits per heavy atom. The van der Waals surface area contributed by atoms with Crippen molar-refractivity contribution >= 4 is 17.4 Å². The van der Waals surface area contributed by atoms with Crippen LogP contribution in [0.25, 0.3) is 11.1 Å². The van der Waals surface area contributed by atoms with Gasteiger partial charge in [-0.05, 0) is 53.3 Å². The second-order valence-corrected chi connectivity index (χ2v) is 9.35. The molecule has 1 atom stereocenters. The number of benzene rings is 2. The van der Waals surface area contributed by atoms with E-state index in [1.165, 1.54) is 23.4 Å². The molecule has 1 aromatic heterocycles. The van der Waals surface area contributed by atoms with Gasteiger partial charge in [0.25, 0.3) is 0 Å². The molecule has 4 rings (SSSR count). The molecule has 0 unspecified atom stereocenters. The first-order chi connectivity index (χ1) is 14.5. The summed E-state index contributed by atoms with van der Waals surface area (Å²) in [5.41, 5.74) is 5.74. The summed E-state index contributed by atoms with van der Waals surface area (Å²) in [6.07, 6.45) is 2.30. The van der Waals surface area contributed by atoms with Crippen molar-refractivity contribution in [3.05, 3.63) is 77.7 Å². The number of rotatable bonds is 6. The summed E-state index contributed by atoms with van der Waals surface area (Å²) in [6.45, 7) is 6.25. The van der Waals surface area contributed by atoms with Gasteiger partial charge in [-0.25, -0.2) is 9.37 Å². The molecule has 0 saturated carbocycles. The third-order valence-corrected chi connectivity index (χ3v) is 6.82. The largest absolute Gasteiger partial charge is 0.392 e. The third kappa shape index (κ3) is 4.52. The van der Waals surface area contributed by atoms with Gasteiger partial charge in [-0.1, -0.05) is 44.2 Å². The van der Waals surface area contributed by atoms with E-state index in [0.29, 0.717) is 11.2 Å². The number of aliphatic hydroxyl groups excluding tert-OH is 1. The first kappa shape index (κ1) is 20.9. The monoisotopic (exact) mass is 422 g/mol. The lowest BCUT2D eigenvalue weighted by molar-refractivity contribution is 0.282. The predicted octanol–water partition coefficient (Wildman–Crippen LogP) is 5.87. The standard InChI is InChI=1S/C25H27FN2OS/c1-17(2)22-5-3-4-6-23(22)18-7-9-24(19(13-18)16-29)28-12-11-21(15-28)30-25-10-8-20(26)14-27-25/h3-10,13-14,17,21,29H,11-12,15-16H2,1-2H3/t21-/m0/s1. The SMILES string of the molecule is CC(C)c1ccccc1-c1ccc(N2CC[C@H](Sc3ccc(F)cn3)C2)c(CO)c1. The molecule has 3 nitrogen and oxygen atoms in total. The zero-order valence-corrected chi connectivity index (χ0v) is 18.2. The summed E-state index contributed by atoms with van der Waals surface area (Å²) in [7, 11) is 0. The first-order valence-electron chi connectivity index (χ1n) is 10.4. The highest BCUT2D eigenvalue weighted by Crippen LogP contribution is 2.36. The van der Waals surface area contributed by atoms with Crippen molar-refractivity contribution in [2.75, 3.05) is 18.0 Å². The molecular weight excluding hydrogens is 395 g/mol. The lowest BCUT2D eigenvalue weighted by Crippen LogP contribution is -2.21. The number of anilines is 1. The molecule has 2 heterocycles. The van der Waals surface area contributed by atoms with Gasteiger partial charge in [-0.3, -0.25) is 0 Å². The molecule has 1 fully saturated rings. The number of pyridine rings is 1. The molecule has 5 heteroatoms. The molecule has 2 aromatic carbocycles. The highest BCUT2D eigenvalue weighted by Gasteiger charge is 2.25. The van der Waals surface area contributed by atoms with E-state index in [9.17, 15) is 9.50 Å². The summed E-state index contributed by atoms with van der Waals surface area (Å²) in [6, 6.07) is 18.1. The van der Waals surface area contributed by atoms with Crippen LogP contribution in [0.5, 0.6) is 0 Å². The zero-order chi connectivity index (χ0) is 21.1. The minimum absolute atomic E-state index is 0.0147. The van der Waals surface area contributed by atoms with Crippen LogP contribution in [0, 0.1) is 5.82 Å². The van der Waals surface area contributed by atoms with Crippen LogP contribution in [0.1, 0.15) is 37.3 Å². The maximum atomic E-state index is 13.1. The maximum Gasteiger partial charge on any atom is 0.141 e. The summed E-state index contributed by atoms with van der Waals surface area (Å²) in [4.78, 5) is 6.51. The van der Waals surface area contributed by atoms with Crippen molar-refractivity contribution in [2.24, 2.45) is 0 Å². The number of aromatic nitrogens is 1. The van der Waals surface area contributed by atoms with E-state index < -0.39 is 0 Å². The van der Waals surface area contributed by atoms with Gasteiger partial charge in [-0.15, -0.1) is 11.8 Å². The van der Waals surface area contributed by atoms with Gasteiger partial charge in [0.2, 0.25) is 0 Å². The summed E-state index contributed by atoms with van der Waals surface area (Å²) < 4.78 is 13.1. The van der Waals surface area contributed by atoms with E-state index in [-0.39, 0.29) is 12.4 Å². The molecule has 0 radical (unpaired) electrons. The second kappa shape index (κ2) is 9.19. The number of hydrogen-bond acceptors (Lipinski definition) is 4. The lowest BCUT2D eigenvalue weighted by Gasteiger charge is -2.23. The van der Waals surface area contributed by atoms with Gasteiger partial charge in [0.05, 0.1) is 17.8 Å².